The van der Waals surface area contributed by atoms with Crippen molar-refractivity contribution in [2.24, 2.45) is 5.92 Å². The van der Waals surface area contributed by atoms with Crippen molar-refractivity contribution in [1.29, 1.82) is 0 Å². The summed E-state index contributed by atoms with van der Waals surface area (Å²) in [4.78, 5) is 4.67. The number of hydrogen-bond acceptors (Lipinski definition) is 6. The van der Waals surface area contributed by atoms with Gasteiger partial charge in [-0.2, -0.15) is 0 Å². The smallest absolute Gasteiger partial charge is 0.240 e. The number of hydrogen-bond donors (Lipinski definition) is 1. The van der Waals surface area contributed by atoms with Crippen LogP contribution in [-0.2, 0) is 10.0 Å². The minimum Gasteiger partial charge on any atom is -0.481 e. The first-order valence-corrected chi connectivity index (χ1v) is 11.9. The molecule has 1 N–H and O–H groups in total. The van der Waals surface area contributed by atoms with Gasteiger partial charge in [-0.25, -0.2) is 18.1 Å². The largest absolute Gasteiger partial charge is 0.481 e. The van der Waals surface area contributed by atoms with E-state index in [-0.39, 0.29) is 28.8 Å². The maximum atomic E-state index is 13.0. The van der Waals surface area contributed by atoms with E-state index in [4.69, 9.17) is 4.74 Å². The van der Waals surface area contributed by atoms with Crippen molar-refractivity contribution in [3.63, 3.8) is 0 Å². The molecule has 2 unspecified atom stereocenters. The summed E-state index contributed by atoms with van der Waals surface area (Å²) >= 11 is 0. The van der Waals surface area contributed by atoms with E-state index in [1.807, 2.05) is 29.0 Å². The summed E-state index contributed by atoms with van der Waals surface area (Å²) in [5.74, 6) is 0.799. The van der Waals surface area contributed by atoms with Gasteiger partial charge >= 0.3 is 0 Å². The van der Waals surface area contributed by atoms with Crippen LogP contribution in [0.2, 0.25) is 0 Å². The van der Waals surface area contributed by atoms with Crippen LogP contribution in [0.25, 0.3) is 0 Å². The van der Waals surface area contributed by atoms with Crippen LogP contribution in [0.4, 0.5) is 0 Å². The van der Waals surface area contributed by atoms with Crippen LogP contribution in [0, 0.1) is 5.92 Å². The molecule has 0 aliphatic heterocycles. The number of nitrogens with zero attached hydrogens (tertiary/aromatic N) is 4. The standard InChI is InChI=1S/C22H27N5O3S/c1-3-18-20(26-31(28,29)17-7-5-4-6-8-17)11-10-19(22(18)27-14-24-25-15-27)16-9-12-21(30-2)23-13-16/h4-9,12-15,18-20,22,26H,3,10-11H2,1-2H3/t18?,19?,20-,22-/m0/s1. The Kier molecular flexibility index (Phi) is 6.33. The lowest BCUT2D eigenvalue weighted by Crippen LogP contribution is -2.47. The number of nitrogens with one attached hydrogen (secondary N) is 1. The molecule has 9 heteroatoms. The molecule has 8 nitrogen and oxygen atoms in total. The fraction of sp³-hybridized carbons (Fsp3) is 0.409. The van der Waals surface area contributed by atoms with Crippen LogP contribution in [0.3, 0.4) is 0 Å². The van der Waals surface area contributed by atoms with Crippen molar-refractivity contribution < 1.29 is 13.2 Å². The van der Waals surface area contributed by atoms with Gasteiger partial charge in [0.25, 0.3) is 0 Å². The van der Waals surface area contributed by atoms with E-state index in [0.717, 1.165) is 24.8 Å². The van der Waals surface area contributed by atoms with Crippen molar-refractivity contribution in [3.05, 3.63) is 66.9 Å². The van der Waals surface area contributed by atoms with Gasteiger partial charge in [0.05, 0.1) is 12.0 Å². The number of rotatable bonds is 7. The van der Waals surface area contributed by atoms with Crippen molar-refractivity contribution in [2.75, 3.05) is 7.11 Å². The third-order valence-corrected chi connectivity index (χ3v) is 7.67. The molecule has 164 valence electrons. The second-order valence-corrected chi connectivity index (χ2v) is 9.54. The van der Waals surface area contributed by atoms with E-state index in [1.165, 1.54) is 0 Å². The van der Waals surface area contributed by atoms with Crippen LogP contribution in [0.5, 0.6) is 5.88 Å². The van der Waals surface area contributed by atoms with Gasteiger partial charge < -0.3 is 9.30 Å². The number of ether oxygens (including phenoxy) is 1. The normalized spacial score (nSPS) is 24.1. The van der Waals surface area contributed by atoms with Crippen LogP contribution >= 0.6 is 0 Å². The maximum absolute atomic E-state index is 13.0. The lowest BCUT2D eigenvalue weighted by molar-refractivity contribution is 0.163. The molecule has 0 radical (unpaired) electrons. The molecular weight excluding hydrogens is 414 g/mol. The molecule has 1 aliphatic carbocycles. The Hall–Kier alpha value is -2.78. The molecule has 2 heterocycles. The van der Waals surface area contributed by atoms with E-state index in [9.17, 15) is 8.42 Å². The van der Waals surface area contributed by atoms with Gasteiger partial charge in [0, 0.05) is 30.3 Å². The molecule has 4 atom stereocenters. The Bertz CT molecular complexity index is 1070. The highest BCUT2D eigenvalue weighted by molar-refractivity contribution is 7.89. The molecule has 0 spiro atoms. The number of aromatic nitrogens is 4. The van der Waals surface area contributed by atoms with Crippen molar-refractivity contribution in [2.45, 2.75) is 49.1 Å². The Morgan fingerprint density at radius 1 is 1.10 bits per heavy atom. The van der Waals surface area contributed by atoms with Gasteiger partial charge in [-0.1, -0.05) is 31.2 Å². The fourth-order valence-electron chi connectivity index (χ4n) is 4.71. The first-order chi connectivity index (χ1) is 15.0. The number of benzene rings is 1. The number of methoxy groups -OCH3 is 1. The van der Waals surface area contributed by atoms with Crippen LogP contribution < -0.4 is 9.46 Å². The molecule has 31 heavy (non-hydrogen) atoms. The lowest BCUT2D eigenvalue weighted by atomic mass is 9.70. The Morgan fingerprint density at radius 2 is 1.84 bits per heavy atom. The molecule has 1 fully saturated rings. The van der Waals surface area contributed by atoms with Crippen molar-refractivity contribution in [1.82, 2.24) is 24.5 Å². The Labute approximate surface area is 182 Å². The summed E-state index contributed by atoms with van der Waals surface area (Å²) in [6.45, 7) is 2.10. The van der Waals surface area contributed by atoms with E-state index >= 15 is 0 Å². The zero-order chi connectivity index (χ0) is 21.8. The fourth-order valence-corrected chi connectivity index (χ4v) is 6.05. The molecular formula is C22H27N5O3S. The highest BCUT2D eigenvalue weighted by Gasteiger charge is 2.42. The van der Waals surface area contributed by atoms with E-state index in [2.05, 4.69) is 26.8 Å². The molecule has 0 amide bonds. The van der Waals surface area contributed by atoms with Gasteiger partial charge in [-0.05, 0) is 42.9 Å². The third kappa shape index (κ3) is 4.47. The number of pyridine rings is 1. The molecule has 0 saturated heterocycles. The molecule has 0 bridgehead atoms. The van der Waals surface area contributed by atoms with E-state index in [0.29, 0.717) is 5.88 Å². The average Bonchev–Trinajstić information content (AvgIpc) is 3.34. The maximum Gasteiger partial charge on any atom is 0.240 e. The molecule has 1 aliphatic rings. The molecule has 1 saturated carbocycles. The summed E-state index contributed by atoms with van der Waals surface area (Å²) in [5.41, 5.74) is 1.10. The summed E-state index contributed by atoms with van der Waals surface area (Å²) in [7, 11) is -2.01. The second-order valence-electron chi connectivity index (χ2n) is 7.83. The van der Waals surface area contributed by atoms with Crippen molar-refractivity contribution >= 4 is 10.0 Å². The molecule has 3 aromatic rings. The highest BCUT2D eigenvalue weighted by atomic mass is 32.2. The number of sulfonamides is 1. The molecule has 2 aromatic heterocycles. The summed E-state index contributed by atoms with van der Waals surface area (Å²) < 4.78 is 36.2. The molecule has 4 rings (SSSR count). The summed E-state index contributed by atoms with van der Waals surface area (Å²) in [6, 6.07) is 12.2. The first-order valence-electron chi connectivity index (χ1n) is 10.4. The quantitative estimate of drug-likeness (QED) is 0.605. The van der Waals surface area contributed by atoms with Gasteiger partial charge in [0.15, 0.2) is 0 Å². The van der Waals surface area contributed by atoms with E-state index in [1.54, 1.807) is 44.0 Å². The van der Waals surface area contributed by atoms with Crippen LogP contribution in [0.1, 0.15) is 43.7 Å². The second kappa shape index (κ2) is 9.15. The monoisotopic (exact) mass is 441 g/mol. The van der Waals surface area contributed by atoms with Crippen LogP contribution in [0.15, 0.2) is 66.2 Å². The lowest BCUT2D eigenvalue weighted by Gasteiger charge is -2.43. The van der Waals surface area contributed by atoms with Crippen molar-refractivity contribution in [3.8, 4) is 5.88 Å². The zero-order valence-corrected chi connectivity index (χ0v) is 18.4. The van der Waals surface area contributed by atoms with Gasteiger partial charge in [-0.15, -0.1) is 10.2 Å². The van der Waals surface area contributed by atoms with Crippen LogP contribution in [-0.4, -0.2) is 41.3 Å². The highest BCUT2D eigenvalue weighted by Crippen LogP contribution is 2.46. The SMILES string of the molecule is CCC1[C@H](n2cnnc2)C(c2ccc(OC)nc2)CC[C@@H]1NS(=O)(=O)c1ccccc1. The minimum absolute atomic E-state index is 0.00687. The van der Waals surface area contributed by atoms with E-state index < -0.39 is 10.0 Å². The minimum atomic E-state index is -3.61. The van der Waals surface area contributed by atoms with Gasteiger partial charge in [0.1, 0.15) is 12.7 Å². The predicted octanol–water partition coefficient (Wildman–Crippen LogP) is 3.17. The summed E-state index contributed by atoms with van der Waals surface area (Å²) in [6.07, 6.45) is 7.64. The topological polar surface area (TPSA) is 99.0 Å². The Balaban J connectivity index is 1.65. The predicted molar refractivity (Wildman–Crippen MR) is 116 cm³/mol. The summed E-state index contributed by atoms with van der Waals surface area (Å²) in [5, 5.41) is 8.02. The molecule has 1 aromatic carbocycles. The Morgan fingerprint density at radius 3 is 2.45 bits per heavy atom. The average molecular weight is 442 g/mol. The first kappa shape index (κ1) is 21.5. The van der Waals surface area contributed by atoms with Gasteiger partial charge in [0.2, 0.25) is 15.9 Å². The zero-order valence-electron chi connectivity index (χ0n) is 17.6. The van der Waals surface area contributed by atoms with Gasteiger partial charge in [-0.3, -0.25) is 0 Å². The third-order valence-electron chi connectivity index (χ3n) is 6.17.